The minimum Gasteiger partial charge on any atom is -0.394 e. The molecule has 0 saturated carbocycles. The summed E-state index contributed by atoms with van der Waals surface area (Å²) in [4.78, 5) is 0. The third-order valence-corrected chi connectivity index (χ3v) is 1.62. The smallest absolute Gasteiger partial charge is 0.0980 e. The van der Waals surface area contributed by atoms with Crippen molar-refractivity contribution in [3.05, 3.63) is 24.5 Å². The topological polar surface area (TPSA) is 34.4 Å². The maximum absolute atomic E-state index is 8.79. The van der Waals surface area contributed by atoms with Gasteiger partial charge in [-0.15, -0.1) is 0 Å². The molecule has 0 spiro atoms. The molecule has 1 aromatic heterocycles. The lowest BCUT2D eigenvalue weighted by Gasteiger charge is -2.12. The molecular weight excluding hydrogens is 142 g/mol. The summed E-state index contributed by atoms with van der Waals surface area (Å²) in [5, 5.41) is 8.79. The molecule has 0 radical (unpaired) electrons. The number of hydrogen-bond acceptors (Lipinski definition) is 2. The highest BCUT2D eigenvalue weighted by atomic mass is 16.5. The Morgan fingerprint density at radius 1 is 1.45 bits per heavy atom. The molecule has 0 bridgehead atoms. The summed E-state index contributed by atoms with van der Waals surface area (Å²) >= 11 is 0. The van der Waals surface area contributed by atoms with E-state index < -0.39 is 0 Å². The zero-order valence-electron chi connectivity index (χ0n) is 6.60. The van der Waals surface area contributed by atoms with Gasteiger partial charge < -0.3 is 14.4 Å². The molecule has 1 aromatic rings. The first-order valence-electron chi connectivity index (χ1n) is 3.61. The van der Waals surface area contributed by atoms with Crippen LogP contribution in [0.3, 0.4) is 0 Å². The fourth-order valence-corrected chi connectivity index (χ4v) is 0.934. The van der Waals surface area contributed by atoms with Gasteiger partial charge in [0.25, 0.3) is 0 Å². The first-order valence-corrected chi connectivity index (χ1v) is 3.61. The van der Waals surface area contributed by atoms with Crippen LogP contribution in [0.25, 0.3) is 0 Å². The Labute approximate surface area is 66.2 Å². The van der Waals surface area contributed by atoms with Crippen LogP contribution in [0.5, 0.6) is 0 Å². The summed E-state index contributed by atoms with van der Waals surface area (Å²) in [5.74, 6) is 0. The molecule has 11 heavy (non-hydrogen) atoms. The van der Waals surface area contributed by atoms with Crippen molar-refractivity contribution in [1.82, 2.24) is 4.57 Å². The number of rotatable bonds is 4. The number of methoxy groups -OCH3 is 1. The summed E-state index contributed by atoms with van der Waals surface area (Å²) in [6, 6.07) is 3.90. The van der Waals surface area contributed by atoms with E-state index in [0.29, 0.717) is 6.54 Å². The van der Waals surface area contributed by atoms with Crippen LogP contribution in [0.15, 0.2) is 24.5 Å². The molecule has 1 atom stereocenters. The van der Waals surface area contributed by atoms with Gasteiger partial charge in [-0.1, -0.05) is 0 Å². The van der Waals surface area contributed by atoms with Gasteiger partial charge in [0.05, 0.1) is 19.3 Å². The standard InChI is InChI=1S/C8H13NO2/c1-11-8(7-10)6-9-4-2-3-5-9/h2-5,8,10H,6-7H2,1H3. The maximum Gasteiger partial charge on any atom is 0.0980 e. The van der Waals surface area contributed by atoms with E-state index in [0.717, 1.165) is 0 Å². The monoisotopic (exact) mass is 155 g/mol. The van der Waals surface area contributed by atoms with Gasteiger partial charge in [-0.25, -0.2) is 0 Å². The number of aliphatic hydroxyl groups excluding tert-OH is 1. The van der Waals surface area contributed by atoms with Gasteiger partial charge in [0.15, 0.2) is 0 Å². The van der Waals surface area contributed by atoms with E-state index in [2.05, 4.69) is 0 Å². The fraction of sp³-hybridized carbons (Fsp3) is 0.500. The lowest BCUT2D eigenvalue weighted by Crippen LogP contribution is -2.21. The van der Waals surface area contributed by atoms with Crippen LogP contribution in [-0.4, -0.2) is 29.5 Å². The van der Waals surface area contributed by atoms with Crippen molar-refractivity contribution in [2.24, 2.45) is 0 Å². The quantitative estimate of drug-likeness (QED) is 0.687. The number of aliphatic hydroxyl groups is 1. The summed E-state index contributed by atoms with van der Waals surface area (Å²) in [6.45, 7) is 0.772. The summed E-state index contributed by atoms with van der Waals surface area (Å²) in [7, 11) is 1.60. The second-order valence-electron chi connectivity index (χ2n) is 2.42. The molecule has 0 saturated heterocycles. The van der Waals surface area contributed by atoms with Crippen LogP contribution in [0.2, 0.25) is 0 Å². The van der Waals surface area contributed by atoms with Crippen molar-refractivity contribution in [3.63, 3.8) is 0 Å². The second-order valence-corrected chi connectivity index (χ2v) is 2.42. The number of hydrogen-bond donors (Lipinski definition) is 1. The van der Waals surface area contributed by atoms with Crippen LogP contribution in [0.1, 0.15) is 0 Å². The average molecular weight is 155 g/mol. The van der Waals surface area contributed by atoms with Gasteiger partial charge in [0.1, 0.15) is 0 Å². The molecule has 1 rings (SSSR count). The molecule has 1 heterocycles. The molecule has 0 aromatic carbocycles. The molecule has 3 nitrogen and oxygen atoms in total. The largest absolute Gasteiger partial charge is 0.394 e. The van der Waals surface area contributed by atoms with Crippen molar-refractivity contribution in [2.75, 3.05) is 13.7 Å². The zero-order valence-corrected chi connectivity index (χ0v) is 6.60. The third kappa shape index (κ3) is 2.37. The van der Waals surface area contributed by atoms with E-state index in [1.807, 2.05) is 29.1 Å². The normalized spacial score (nSPS) is 13.3. The molecule has 0 aliphatic heterocycles. The molecule has 0 aliphatic carbocycles. The van der Waals surface area contributed by atoms with E-state index in [-0.39, 0.29) is 12.7 Å². The van der Waals surface area contributed by atoms with E-state index in [1.54, 1.807) is 7.11 Å². The Balaban J connectivity index is 2.41. The Hall–Kier alpha value is -0.800. The van der Waals surface area contributed by atoms with E-state index in [4.69, 9.17) is 9.84 Å². The third-order valence-electron chi connectivity index (χ3n) is 1.62. The first-order chi connectivity index (χ1) is 5.36. The molecule has 3 heteroatoms. The van der Waals surface area contributed by atoms with Gasteiger partial charge in [-0.05, 0) is 12.1 Å². The van der Waals surface area contributed by atoms with Gasteiger partial charge in [-0.2, -0.15) is 0 Å². The lowest BCUT2D eigenvalue weighted by molar-refractivity contribution is 0.0373. The van der Waals surface area contributed by atoms with Gasteiger partial charge in [-0.3, -0.25) is 0 Å². The Bertz CT molecular complexity index is 180. The van der Waals surface area contributed by atoms with E-state index >= 15 is 0 Å². The zero-order chi connectivity index (χ0) is 8.10. The summed E-state index contributed by atoms with van der Waals surface area (Å²) < 4.78 is 6.98. The molecule has 0 aliphatic rings. The van der Waals surface area contributed by atoms with E-state index in [9.17, 15) is 0 Å². The predicted octanol–water partition coefficient (Wildman–Crippen LogP) is 0.495. The van der Waals surface area contributed by atoms with Crippen LogP contribution >= 0.6 is 0 Å². The van der Waals surface area contributed by atoms with Crippen molar-refractivity contribution in [3.8, 4) is 0 Å². The SMILES string of the molecule is COC(CO)Cn1cccc1. The predicted molar refractivity (Wildman–Crippen MR) is 42.3 cm³/mol. The Kier molecular flexibility index (Phi) is 3.14. The average Bonchev–Trinajstić information content (AvgIpc) is 2.52. The van der Waals surface area contributed by atoms with Gasteiger partial charge in [0, 0.05) is 19.5 Å². The number of ether oxygens (including phenoxy) is 1. The Morgan fingerprint density at radius 2 is 2.09 bits per heavy atom. The van der Waals surface area contributed by atoms with Gasteiger partial charge in [0.2, 0.25) is 0 Å². The molecule has 0 amide bonds. The van der Waals surface area contributed by atoms with Crippen LogP contribution in [0.4, 0.5) is 0 Å². The van der Waals surface area contributed by atoms with Gasteiger partial charge >= 0.3 is 0 Å². The Morgan fingerprint density at radius 3 is 2.55 bits per heavy atom. The number of aromatic nitrogens is 1. The maximum atomic E-state index is 8.79. The summed E-state index contributed by atoms with van der Waals surface area (Å²) in [5.41, 5.74) is 0. The van der Waals surface area contributed by atoms with Crippen LogP contribution < -0.4 is 0 Å². The molecule has 1 N–H and O–H groups in total. The van der Waals surface area contributed by atoms with Crippen molar-refractivity contribution >= 4 is 0 Å². The minimum absolute atomic E-state index is 0.0642. The molecule has 0 fully saturated rings. The van der Waals surface area contributed by atoms with Crippen molar-refractivity contribution in [1.29, 1.82) is 0 Å². The molecule has 1 unspecified atom stereocenters. The highest BCUT2D eigenvalue weighted by molar-refractivity contribution is 4.90. The fourth-order valence-electron chi connectivity index (χ4n) is 0.934. The lowest BCUT2D eigenvalue weighted by atomic mass is 10.4. The summed E-state index contributed by atoms with van der Waals surface area (Å²) in [6.07, 6.45) is 3.80. The van der Waals surface area contributed by atoms with Crippen LogP contribution in [-0.2, 0) is 11.3 Å². The highest BCUT2D eigenvalue weighted by Gasteiger charge is 2.04. The number of nitrogens with zero attached hydrogens (tertiary/aromatic N) is 1. The first kappa shape index (κ1) is 8.30. The second kappa shape index (κ2) is 4.16. The van der Waals surface area contributed by atoms with E-state index in [1.165, 1.54) is 0 Å². The van der Waals surface area contributed by atoms with Crippen molar-refractivity contribution in [2.45, 2.75) is 12.6 Å². The van der Waals surface area contributed by atoms with Crippen molar-refractivity contribution < 1.29 is 9.84 Å². The highest BCUT2D eigenvalue weighted by Crippen LogP contribution is 1.96. The molecular formula is C8H13NO2. The minimum atomic E-state index is -0.0950. The van der Waals surface area contributed by atoms with Crippen LogP contribution in [0, 0.1) is 0 Å². The molecule has 62 valence electrons.